The summed E-state index contributed by atoms with van der Waals surface area (Å²) < 4.78 is 48.5. The molecule has 0 fully saturated rings. The highest BCUT2D eigenvalue weighted by atomic mass is 19.4. The summed E-state index contributed by atoms with van der Waals surface area (Å²) in [6.45, 7) is 0. The summed E-state index contributed by atoms with van der Waals surface area (Å²) in [4.78, 5) is 3.57. The Kier molecular flexibility index (Phi) is 3.05. The largest absolute Gasteiger partial charge is 0.404 e. The fourth-order valence-corrected chi connectivity index (χ4v) is 0.901. The lowest BCUT2D eigenvalue weighted by Gasteiger charge is -2.14. The van der Waals surface area contributed by atoms with Crippen LogP contribution in [0.4, 0.5) is 17.6 Å². The van der Waals surface area contributed by atoms with Crippen molar-refractivity contribution in [2.24, 2.45) is 5.73 Å². The minimum Gasteiger partial charge on any atom is -0.320 e. The molecule has 0 saturated carbocycles. The normalized spacial score (nSPS) is 14.1. The second kappa shape index (κ2) is 3.91. The second-order valence-corrected chi connectivity index (χ2v) is 2.82. The fourth-order valence-electron chi connectivity index (χ4n) is 0.901. The number of alkyl halides is 3. The summed E-state index contributed by atoms with van der Waals surface area (Å²) in [7, 11) is 0. The van der Waals surface area contributed by atoms with Gasteiger partial charge in [0.25, 0.3) is 0 Å². The Hall–Kier alpha value is -1.17. The lowest BCUT2D eigenvalue weighted by molar-refractivity contribution is -0.147. The third-order valence-electron chi connectivity index (χ3n) is 1.63. The van der Waals surface area contributed by atoms with Crippen molar-refractivity contribution in [3.05, 3.63) is 29.8 Å². The molecule has 1 atom stereocenters. The molecule has 1 aromatic rings. The number of nitrogens with two attached hydrogens (primary N) is 1. The Labute approximate surface area is 77.7 Å². The Bertz CT molecular complexity index is 310. The highest BCUT2D eigenvalue weighted by Crippen LogP contribution is 2.20. The summed E-state index contributed by atoms with van der Waals surface area (Å²) in [5.74, 6) is -0.621. The van der Waals surface area contributed by atoms with Crippen LogP contribution in [0.2, 0.25) is 0 Å². The highest BCUT2D eigenvalue weighted by molar-refractivity contribution is 5.07. The van der Waals surface area contributed by atoms with Crippen LogP contribution < -0.4 is 5.73 Å². The first-order valence-electron chi connectivity index (χ1n) is 3.82. The molecule has 14 heavy (non-hydrogen) atoms. The monoisotopic (exact) mass is 208 g/mol. The van der Waals surface area contributed by atoms with Gasteiger partial charge in [-0.3, -0.25) is 4.98 Å². The first-order valence-corrected chi connectivity index (χ1v) is 3.82. The molecule has 6 heteroatoms. The average molecular weight is 208 g/mol. The topological polar surface area (TPSA) is 38.9 Å². The quantitative estimate of drug-likeness (QED) is 0.750. The molecule has 1 aromatic heterocycles. The molecule has 0 aliphatic carbocycles. The third kappa shape index (κ3) is 2.95. The van der Waals surface area contributed by atoms with Crippen molar-refractivity contribution in [1.82, 2.24) is 4.98 Å². The van der Waals surface area contributed by atoms with Gasteiger partial charge in [-0.2, -0.15) is 13.2 Å². The minimum absolute atomic E-state index is 0.00479. The van der Waals surface area contributed by atoms with Crippen molar-refractivity contribution < 1.29 is 17.6 Å². The molecule has 0 spiro atoms. The molecular formula is C8H8F4N2. The molecule has 2 nitrogen and oxygen atoms in total. The maximum Gasteiger partial charge on any atom is 0.404 e. The summed E-state index contributed by atoms with van der Waals surface area (Å²) in [5.41, 5.74) is 4.84. The minimum atomic E-state index is -4.48. The molecule has 1 heterocycles. The van der Waals surface area contributed by atoms with Crippen LogP contribution in [0.3, 0.4) is 0 Å². The van der Waals surface area contributed by atoms with Gasteiger partial charge >= 0.3 is 6.18 Å². The van der Waals surface area contributed by atoms with Crippen LogP contribution in [0, 0.1) is 5.82 Å². The van der Waals surface area contributed by atoms with Gasteiger partial charge in [-0.25, -0.2) is 4.39 Å². The van der Waals surface area contributed by atoms with Gasteiger partial charge in [0.05, 0.1) is 0 Å². The van der Waals surface area contributed by atoms with Gasteiger partial charge in [0, 0.05) is 18.3 Å². The summed E-state index contributed by atoms with van der Waals surface area (Å²) in [6.07, 6.45) is -3.89. The Morgan fingerprint density at radius 2 is 2.07 bits per heavy atom. The van der Waals surface area contributed by atoms with Gasteiger partial charge in [-0.1, -0.05) is 0 Å². The molecule has 0 radical (unpaired) electrons. The smallest absolute Gasteiger partial charge is 0.320 e. The van der Waals surface area contributed by atoms with Gasteiger partial charge < -0.3 is 5.73 Å². The molecule has 0 bridgehead atoms. The number of halogens is 4. The van der Waals surface area contributed by atoms with Crippen LogP contribution in [0.5, 0.6) is 0 Å². The SMILES string of the molecule is NC(Cc1cc(F)ccn1)C(F)(F)F. The van der Waals surface area contributed by atoms with Gasteiger partial charge in [-0.15, -0.1) is 0 Å². The van der Waals surface area contributed by atoms with Crippen molar-refractivity contribution in [3.8, 4) is 0 Å². The van der Waals surface area contributed by atoms with E-state index in [1.807, 2.05) is 0 Å². The molecule has 0 aliphatic rings. The van der Waals surface area contributed by atoms with Crippen LogP contribution >= 0.6 is 0 Å². The fraction of sp³-hybridized carbons (Fsp3) is 0.375. The van der Waals surface area contributed by atoms with E-state index in [1.165, 1.54) is 0 Å². The van der Waals surface area contributed by atoms with E-state index >= 15 is 0 Å². The number of hydrogen-bond acceptors (Lipinski definition) is 2. The van der Waals surface area contributed by atoms with Crippen molar-refractivity contribution in [3.63, 3.8) is 0 Å². The summed E-state index contributed by atoms with van der Waals surface area (Å²) >= 11 is 0. The second-order valence-electron chi connectivity index (χ2n) is 2.82. The van der Waals surface area contributed by atoms with Crippen molar-refractivity contribution in [1.29, 1.82) is 0 Å². The van der Waals surface area contributed by atoms with Crippen molar-refractivity contribution in [2.45, 2.75) is 18.6 Å². The van der Waals surface area contributed by atoms with E-state index in [2.05, 4.69) is 4.98 Å². The zero-order chi connectivity index (χ0) is 10.8. The number of aromatic nitrogens is 1. The maximum absolute atomic E-state index is 12.6. The van der Waals surface area contributed by atoms with Crippen LogP contribution in [-0.4, -0.2) is 17.2 Å². The number of pyridine rings is 1. The predicted octanol–water partition coefficient (Wildman–Crippen LogP) is 1.65. The average Bonchev–Trinajstić information content (AvgIpc) is 2.02. The van der Waals surface area contributed by atoms with Crippen LogP contribution in [0.1, 0.15) is 5.69 Å². The van der Waals surface area contributed by atoms with Crippen LogP contribution in [-0.2, 0) is 6.42 Å². The van der Waals surface area contributed by atoms with E-state index in [1.54, 1.807) is 0 Å². The zero-order valence-electron chi connectivity index (χ0n) is 7.05. The summed E-state index contributed by atoms with van der Waals surface area (Å²) in [6, 6.07) is -0.00870. The van der Waals surface area contributed by atoms with E-state index in [0.29, 0.717) is 0 Å². The molecule has 0 aromatic carbocycles. The van der Waals surface area contributed by atoms with Gasteiger partial charge in [0.1, 0.15) is 11.9 Å². The van der Waals surface area contributed by atoms with Crippen LogP contribution in [0.15, 0.2) is 18.3 Å². The van der Waals surface area contributed by atoms with Crippen molar-refractivity contribution in [2.75, 3.05) is 0 Å². The van der Waals surface area contributed by atoms with Gasteiger partial charge in [0.15, 0.2) is 0 Å². The summed E-state index contributed by atoms with van der Waals surface area (Å²) in [5, 5.41) is 0. The molecule has 0 aliphatic heterocycles. The predicted molar refractivity (Wildman–Crippen MR) is 41.9 cm³/mol. The number of rotatable bonds is 2. The van der Waals surface area contributed by atoms with Crippen LogP contribution in [0.25, 0.3) is 0 Å². The molecule has 1 rings (SSSR count). The standard InChI is InChI=1S/C8H8F4N2/c9-5-1-2-14-6(3-5)4-7(13)8(10,11)12/h1-3,7H,4,13H2. The van der Waals surface area contributed by atoms with E-state index in [0.717, 1.165) is 18.3 Å². The lowest BCUT2D eigenvalue weighted by Crippen LogP contribution is -2.39. The molecule has 1 unspecified atom stereocenters. The highest BCUT2D eigenvalue weighted by Gasteiger charge is 2.36. The van der Waals surface area contributed by atoms with E-state index in [4.69, 9.17) is 5.73 Å². The number of hydrogen-bond donors (Lipinski definition) is 1. The van der Waals surface area contributed by atoms with E-state index in [9.17, 15) is 17.6 Å². The first-order chi connectivity index (χ1) is 6.39. The van der Waals surface area contributed by atoms with E-state index in [-0.39, 0.29) is 5.69 Å². The van der Waals surface area contributed by atoms with Crippen molar-refractivity contribution >= 4 is 0 Å². The Morgan fingerprint density at radius 1 is 1.43 bits per heavy atom. The molecular weight excluding hydrogens is 200 g/mol. The Morgan fingerprint density at radius 3 is 2.57 bits per heavy atom. The number of nitrogens with zero attached hydrogens (tertiary/aromatic N) is 1. The molecule has 78 valence electrons. The first kappa shape index (κ1) is 10.9. The molecule has 2 N–H and O–H groups in total. The van der Waals surface area contributed by atoms with Gasteiger partial charge in [-0.05, 0) is 12.1 Å². The zero-order valence-corrected chi connectivity index (χ0v) is 7.05. The van der Waals surface area contributed by atoms with E-state index < -0.39 is 24.5 Å². The molecule has 0 saturated heterocycles. The lowest BCUT2D eigenvalue weighted by atomic mass is 10.1. The third-order valence-corrected chi connectivity index (χ3v) is 1.63. The molecule has 0 amide bonds. The maximum atomic E-state index is 12.6. The van der Waals surface area contributed by atoms with Gasteiger partial charge in [0.2, 0.25) is 0 Å². The Balaban J connectivity index is 2.70.